The molecule has 0 spiro atoms. The Balaban J connectivity index is 1.61. The Bertz CT molecular complexity index is 494. The molecular weight excluding hydrogens is 264 g/mol. The van der Waals surface area contributed by atoms with Crippen LogP contribution in [-0.4, -0.2) is 37.2 Å². The van der Waals surface area contributed by atoms with E-state index in [-0.39, 0.29) is 24.1 Å². The van der Waals surface area contributed by atoms with E-state index in [2.05, 4.69) is 31.3 Å². The number of hydrogen-bond acceptors (Lipinski definition) is 3. The summed E-state index contributed by atoms with van der Waals surface area (Å²) in [6.07, 6.45) is 3.34. The van der Waals surface area contributed by atoms with Gasteiger partial charge in [-0.15, -0.1) is 0 Å². The van der Waals surface area contributed by atoms with Crippen LogP contribution in [0.1, 0.15) is 31.7 Å². The third kappa shape index (κ3) is 3.11. The minimum atomic E-state index is -0.0782. The molecule has 1 amide bonds. The van der Waals surface area contributed by atoms with Gasteiger partial charge in [0.1, 0.15) is 0 Å². The van der Waals surface area contributed by atoms with Crippen LogP contribution < -0.4 is 10.2 Å². The Hall–Kier alpha value is -1.39. The number of nitrogens with zero attached hydrogens (tertiary/aromatic N) is 1. The molecule has 0 radical (unpaired) electrons. The molecule has 1 aromatic rings. The molecule has 2 aliphatic rings. The van der Waals surface area contributed by atoms with E-state index >= 15 is 0 Å². The van der Waals surface area contributed by atoms with Crippen molar-refractivity contribution in [2.24, 2.45) is 0 Å². The largest absolute Gasteiger partial charge is 0.377 e. The highest BCUT2D eigenvalue weighted by Crippen LogP contribution is 2.23. The van der Waals surface area contributed by atoms with Crippen molar-refractivity contribution in [2.75, 3.05) is 18.1 Å². The van der Waals surface area contributed by atoms with Crippen LogP contribution >= 0.6 is 0 Å². The zero-order valence-corrected chi connectivity index (χ0v) is 12.8. The van der Waals surface area contributed by atoms with Crippen LogP contribution in [0.5, 0.6) is 0 Å². The van der Waals surface area contributed by atoms with Crippen molar-refractivity contribution in [3.8, 4) is 0 Å². The first-order valence-electron chi connectivity index (χ1n) is 7.91. The number of nitrogens with one attached hydrogen (secondary N) is 1. The predicted octanol–water partition coefficient (Wildman–Crippen LogP) is 2.26. The third-order valence-corrected chi connectivity index (χ3v) is 4.54. The second-order valence-electron chi connectivity index (χ2n) is 6.17. The number of carbonyl (C=O) groups excluding carboxylic acids is 1. The summed E-state index contributed by atoms with van der Waals surface area (Å²) < 4.78 is 5.70. The fraction of sp³-hybridized carbons (Fsp3) is 0.588. The fourth-order valence-corrected chi connectivity index (χ4v) is 3.24. The second kappa shape index (κ2) is 6.16. The fourth-order valence-electron chi connectivity index (χ4n) is 3.24. The topological polar surface area (TPSA) is 41.6 Å². The van der Waals surface area contributed by atoms with E-state index in [1.54, 1.807) is 0 Å². The van der Waals surface area contributed by atoms with Gasteiger partial charge in [-0.2, -0.15) is 0 Å². The lowest BCUT2D eigenvalue weighted by Gasteiger charge is -2.24. The molecule has 2 fully saturated rings. The lowest BCUT2D eigenvalue weighted by atomic mass is 10.1. The summed E-state index contributed by atoms with van der Waals surface area (Å²) in [7, 11) is 0. The molecule has 3 atom stereocenters. The van der Waals surface area contributed by atoms with Gasteiger partial charge in [0.25, 0.3) is 0 Å². The lowest BCUT2D eigenvalue weighted by molar-refractivity contribution is -0.119. The summed E-state index contributed by atoms with van der Waals surface area (Å²) in [4.78, 5) is 14.5. The Kier molecular flexibility index (Phi) is 4.27. The summed E-state index contributed by atoms with van der Waals surface area (Å²) in [6, 6.07) is 8.32. The molecule has 4 nitrogen and oxygen atoms in total. The van der Waals surface area contributed by atoms with Crippen LogP contribution in [0.4, 0.5) is 5.69 Å². The van der Waals surface area contributed by atoms with Gasteiger partial charge in [0, 0.05) is 24.9 Å². The number of carbonyl (C=O) groups is 1. The van der Waals surface area contributed by atoms with Crippen molar-refractivity contribution < 1.29 is 9.53 Å². The molecule has 2 saturated heterocycles. The Labute approximate surface area is 126 Å². The van der Waals surface area contributed by atoms with Crippen molar-refractivity contribution in [1.82, 2.24) is 5.32 Å². The Morgan fingerprint density at radius 1 is 1.29 bits per heavy atom. The van der Waals surface area contributed by atoms with Crippen LogP contribution in [0.25, 0.3) is 0 Å². The van der Waals surface area contributed by atoms with Crippen molar-refractivity contribution in [3.05, 3.63) is 29.8 Å². The second-order valence-corrected chi connectivity index (χ2v) is 6.17. The molecule has 0 aliphatic carbocycles. The molecule has 0 saturated carbocycles. The quantitative estimate of drug-likeness (QED) is 0.924. The minimum absolute atomic E-state index is 0.0782. The van der Waals surface area contributed by atoms with Crippen molar-refractivity contribution >= 4 is 11.6 Å². The molecule has 4 heteroatoms. The lowest BCUT2D eigenvalue weighted by Crippen LogP contribution is -2.47. The van der Waals surface area contributed by atoms with E-state index in [0.29, 0.717) is 0 Å². The molecule has 2 heterocycles. The maximum Gasteiger partial charge on any atom is 0.244 e. The molecular formula is C17H24N2O2. The molecule has 2 aliphatic heterocycles. The molecule has 1 N–H and O–H groups in total. The van der Waals surface area contributed by atoms with Gasteiger partial charge in [0.05, 0.1) is 12.1 Å². The van der Waals surface area contributed by atoms with Crippen LogP contribution in [0.2, 0.25) is 0 Å². The zero-order valence-electron chi connectivity index (χ0n) is 12.8. The van der Waals surface area contributed by atoms with Gasteiger partial charge in [-0.05, 0) is 45.2 Å². The van der Waals surface area contributed by atoms with Crippen LogP contribution in [-0.2, 0) is 9.53 Å². The molecule has 1 aromatic carbocycles. The van der Waals surface area contributed by atoms with Crippen molar-refractivity contribution in [2.45, 2.75) is 51.3 Å². The van der Waals surface area contributed by atoms with E-state index < -0.39 is 0 Å². The first kappa shape index (κ1) is 14.5. The maximum atomic E-state index is 12.6. The molecule has 0 bridgehead atoms. The molecule has 114 valence electrons. The summed E-state index contributed by atoms with van der Waals surface area (Å²) in [6.45, 7) is 5.82. The Morgan fingerprint density at radius 2 is 2.05 bits per heavy atom. The van der Waals surface area contributed by atoms with Gasteiger partial charge in [0.15, 0.2) is 0 Å². The van der Waals surface area contributed by atoms with E-state index in [0.717, 1.165) is 38.1 Å². The number of amides is 1. The number of hydrogen-bond donors (Lipinski definition) is 1. The molecule has 3 rings (SSSR count). The van der Waals surface area contributed by atoms with Gasteiger partial charge in [-0.25, -0.2) is 0 Å². The molecule has 0 unspecified atom stereocenters. The number of anilines is 1. The number of benzene rings is 1. The van der Waals surface area contributed by atoms with Crippen LogP contribution in [0.15, 0.2) is 24.3 Å². The van der Waals surface area contributed by atoms with Gasteiger partial charge in [-0.3, -0.25) is 4.79 Å². The smallest absolute Gasteiger partial charge is 0.244 e. The number of aryl methyl sites for hydroxylation is 1. The summed E-state index contributed by atoms with van der Waals surface area (Å²) in [5.74, 6) is 0.184. The van der Waals surface area contributed by atoms with Crippen LogP contribution in [0, 0.1) is 6.92 Å². The van der Waals surface area contributed by atoms with Gasteiger partial charge < -0.3 is 15.0 Å². The summed E-state index contributed by atoms with van der Waals surface area (Å²) in [5.41, 5.74) is 2.21. The molecule has 0 aromatic heterocycles. The highest BCUT2D eigenvalue weighted by atomic mass is 16.5. The van der Waals surface area contributed by atoms with E-state index in [1.165, 1.54) is 5.56 Å². The molecule has 21 heavy (non-hydrogen) atoms. The monoisotopic (exact) mass is 288 g/mol. The first-order valence-corrected chi connectivity index (χ1v) is 7.91. The Morgan fingerprint density at radius 3 is 2.71 bits per heavy atom. The first-order chi connectivity index (χ1) is 10.1. The van der Waals surface area contributed by atoms with Gasteiger partial charge in [-0.1, -0.05) is 17.7 Å². The van der Waals surface area contributed by atoms with E-state index in [1.807, 2.05) is 17.0 Å². The average molecular weight is 288 g/mol. The average Bonchev–Trinajstić information content (AvgIpc) is 3.11. The SMILES string of the molecule is Cc1ccc(N2CC[C@H](N[C@H](C)[C@@H]3CCCO3)C2=O)cc1. The van der Waals surface area contributed by atoms with Crippen molar-refractivity contribution in [1.29, 1.82) is 0 Å². The predicted molar refractivity (Wildman–Crippen MR) is 83.5 cm³/mol. The van der Waals surface area contributed by atoms with Crippen molar-refractivity contribution in [3.63, 3.8) is 0 Å². The zero-order chi connectivity index (χ0) is 14.8. The highest BCUT2D eigenvalue weighted by Gasteiger charge is 2.35. The highest BCUT2D eigenvalue weighted by molar-refractivity contribution is 5.99. The van der Waals surface area contributed by atoms with E-state index in [9.17, 15) is 4.79 Å². The van der Waals surface area contributed by atoms with E-state index in [4.69, 9.17) is 4.74 Å². The number of ether oxygens (including phenoxy) is 1. The van der Waals surface area contributed by atoms with Gasteiger partial charge >= 0.3 is 0 Å². The maximum absolute atomic E-state index is 12.6. The number of rotatable bonds is 4. The minimum Gasteiger partial charge on any atom is -0.377 e. The standard InChI is InChI=1S/C17H24N2O2/c1-12-5-7-14(8-6-12)19-10-9-15(17(19)20)18-13(2)16-4-3-11-21-16/h5-8,13,15-16,18H,3-4,9-11H2,1-2H3/t13-,15+,16+/m1/s1. The summed E-state index contributed by atoms with van der Waals surface area (Å²) in [5, 5.41) is 3.47. The summed E-state index contributed by atoms with van der Waals surface area (Å²) >= 11 is 0. The normalized spacial score (nSPS) is 27.3. The third-order valence-electron chi connectivity index (χ3n) is 4.54. The van der Waals surface area contributed by atoms with Gasteiger partial charge in [0.2, 0.25) is 5.91 Å². The van der Waals surface area contributed by atoms with Crippen LogP contribution in [0.3, 0.4) is 0 Å².